The number of nitrogens with zero attached hydrogens (tertiary/aromatic N) is 1. The van der Waals surface area contributed by atoms with E-state index in [4.69, 9.17) is 4.42 Å². The SMILES string of the molecule is Cc1c(C(=O)N2[C@@H]3CCC[C@H]2CC(O)C3)oc2ccccc12. The van der Waals surface area contributed by atoms with Crippen molar-refractivity contribution in [3.8, 4) is 0 Å². The summed E-state index contributed by atoms with van der Waals surface area (Å²) in [5, 5.41) is 11.0. The average Bonchev–Trinajstić information content (AvgIpc) is 2.83. The molecule has 2 aliphatic rings. The number of amides is 1. The minimum absolute atomic E-state index is 0.00435. The number of carbonyl (C=O) groups is 1. The fraction of sp³-hybridized carbons (Fsp3) is 0.500. The summed E-state index contributed by atoms with van der Waals surface area (Å²) >= 11 is 0. The van der Waals surface area contributed by atoms with Crippen molar-refractivity contribution in [2.45, 2.75) is 57.2 Å². The number of rotatable bonds is 1. The molecule has 0 saturated carbocycles. The predicted molar refractivity (Wildman–Crippen MR) is 83.8 cm³/mol. The lowest BCUT2D eigenvalue weighted by Gasteiger charge is -2.47. The molecular formula is C18H21NO3. The topological polar surface area (TPSA) is 53.7 Å². The zero-order valence-electron chi connectivity index (χ0n) is 12.8. The summed E-state index contributed by atoms with van der Waals surface area (Å²) < 4.78 is 5.85. The van der Waals surface area contributed by atoms with E-state index in [-0.39, 0.29) is 24.1 Å². The second kappa shape index (κ2) is 5.13. The van der Waals surface area contributed by atoms with Gasteiger partial charge in [-0.1, -0.05) is 18.2 Å². The van der Waals surface area contributed by atoms with Gasteiger partial charge in [-0.25, -0.2) is 0 Å². The Balaban J connectivity index is 1.72. The molecule has 22 heavy (non-hydrogen) atoms. The Labute approximate surface area is 129 Å². The Hall–Kier alpha value is -1.81. The first-order chi connectivity index (χ1) is 10.6. The molecule has 116 valence electrons. The smallest absolute Gasteiger partial charge is 0.290 e. The molecule has 3 atom stereocenters. The fourth-order valence-electron chi connectivity index (χ4n) is 4.18. The fourth-order valence-corrected chi connectivity index (χ4v) is 4.18. The van der Waals surface area contributed by atoms with Gasteiger partial charge in [-0.3, -0.25) is 4.79 Å². The number of piperidine rings is 2. The number of hydrogen-bond acceptors (Lipinski definition) is 3. The van der Waals surface area contributed by atoms with Gasteiger partial charge in [0.2, 0.25) is 0 Å². The quantitative estimate of drug-likeness (QED) is 0.879. The van der Waals surface area contributed by atoms with E-state index in [1.165, 1.54) is 0 Å². The van der Waals surface area contributed by atoms with Gasteiger partial charge in [0.05, 0.1) is 6.10 Å². The third-order valence-corrected chi connectivity index (χ3v) is 5.22. The molecule has 3 heterocycles. The van der Waals surface area contributed by atoms with Crippen LogP contribution >= 0.6 is 0 Å². The summed E-state index contributed by atoms with van der Waals surface area (Å²) in [4.78, 5) is 15.0. The van der Waals surface area contributed by atoms with Crippen LogP contribution in [0.4, 0.5) is 0 Å². The van der Waals surface area contributed by atoms with Crippen LogP contribution in [-0.4, -0.2) is 34.1 Å². The third-order valence-electron chi connectivity index (χ3n) is 5.22. The number of hydrogen-bond donors (Lipinski definition) is 1. The molecule has 0 aliphatic carbocycles. The van der Waals surface area contributed by atoms with E-state index in [1.807, 2.05) is 36.1 Å². The maximum absolute atomic E-state index is 13.1. The van der Waals surface area contributed by atoms with E-state index in [2.05, 4.69) is 0 Å². The van der Waals surface area contributed by atoms with Crippen LogP contribution in [0.15, 0.2) is 28.7 Å². The van der Waals surface area contributed by atoms with E-state index in [9.17, 15) is 9.90 Å². The van der Waals surface area contributed by atoms with Gasteiger partial charge in [-0.15, -0.1) is 0 Å². The van der Waals surface area contributed by atoms with Crippen molar-refractivity contribution < 1.29 is 14.3 Å². The average molecular weight is 299 g/mol. The summed E-state index contributed by atoms with van der Waals surface area (Å²) in [7, 11) is 0. The van der Waals surface area contributed by atoms with Crippen LogP contribution in [-0.2, 0) is 0 Å². The highest BCUT2D eigenvalue weighted by Gasteiger charge is 2.41. The second-order valence-electron chi connectivity index (χ2n) is 6.63. The molecule has 4 heteroatoms. The van der Waals surface area contributed by atoms with Crippen molar-refractivity contribution in [2.24, 2.45) is 0 Å². The Morgan fingerprint density at radius 2 is 1.91 bits per heavy atom. The summed E-state index contributed by atoms with van der Waals surface area (Å²) in [6.45, 7) is 1.95. The number of aliphatic hydroxyl groups is 1. The number of benzene rings is 1. The van der Waals surface area contributed by atoms with Crippen LogP contribution in [0.2, 0.25) is 0 Å². The molecule has 2 aliphatic heterocycles. The molecule has 1 unspecified atom stereocenters. The van der Waals surface area contributed by atoms with E-state index in [0.717, 1.165) is 35.8 Å². The molecule has 2 aromatic rings. The summed E-state index contributed by atoms with van der Waals surface area (Å²) in [6, 6.07) is 8.09. The van der Waals surface area contributed by atoms with Crippen LogP contribution < -0.4 is 0 Å². The first-order valence-electron chi connectivity index (χ1n) is 8.14. The van der Waals surface area contributed by atoms with Gasteiger partial charge in [0.15, 0.2) is 5.76 Å². The van der Waals surface area contributed by atoms with Gasteiger partial charge in [0.25, 0.3) is 5.91 Å². The van der Waals surface area contributed by atoms with Gasteiger partial charge in [-0.05, 0) is 45.1 Å². The monoisotopic (exact) mass is 299 g/mol. The van der Waals surface area contributed by atoms with Gasteiger partial charge >= 0.3 is 0 Å². The molecule has 1 aromatic carbocycles. The van der Waals surface area contributed by atoms with Gasteiger partial charge in [0.1, 0.15) is 5.58 Å². The zero-order valence-corrected chi connectivity index (χ0v) is 12.8. The lowest BCUT2D eigenvalue weighted by molar-refractivity contribution is -0.0166. The van der Waals surface area contributed by atoms with Crippen molar-refractivity contribution in [3.05, 3.63) is 35.6 Å². The largest absolute Gasteiger partial charge is 0.451 e. The summed E-state index contributed by atoms with van der Waals surface area (Å²) in [5.74, 6) is 0.463. The molecule has 2 fully saturated rings. The van der Waals surface area contributed by atoms with Crippen LogP contribution in [0.3, 0.4) is 0 Å². The minimum Gasteiger partial charge on any atom is -0.451 e. The van der Waals surface area contributed by atoms with Crippen molar-refractivity contribution in [2.75, 3.05) is 0 Å². The second-order valence-corrected chi connectivity index (χ2v) is 6.63. The Morgan fingerprint density at radius 1 is 1.23 bits per heavy atom. The standard InChI is InChI=1S/C18H21NO3/c1-11-15-7-2-3-8-16(15)22-17(11)18(21)19-12-5-4-6-13(19)10-14(20)9-12/h2-3,7-8,12-14,20H,4-6,9-10H2,1H3/t12-,13+,14?. The highest BCUT2D eigenvalue weighted by atomic mass is 16.3. The zero-order chi connectivity index (χ0) is 15.3. The van der Waals surface area contributed by atoms with Crippen molar-refractivity contribution in [1.29, 1.82) is 0 Å². The van der Waals surface area contributed by atoms with Gasteiger partial charge in [-0.2, -0.15) is 0 Å². The lowest BCUT2D eigenvalue weighted by Crippen LogP contribution is -2.55. The van der Waals surface area contributed by atoms with Crippen LogP contribution in [0.5, 0.6) is 0 Å². The van der Waals surface area contributed by atoms with E-state index < -0.39 is 0 Å². The molecule has 2 saturated heterocycles. The lowest BCUT2D eigenvalue weighted by atomic mass is 9.82. The number of para-hydroxylation sites is 1. The minimum atomic E-state index is -0.267. The number of aliphatic hydroxyl groups excluding tert-OH is 1. The van der Waals surface area contributed by atoms with Crippen molar-refractivity contribution >= 4 is 16.9 Å². The maximum Gasteiger partial charge on any atom is 0.290 e. The number of aryl methyl sites for hydroxylation is 1. The molecule has 0 radical (unpaired) electrons. The molecule has 1 N–H and O–H groups in total. The number of carbonyl (C=O) groups excluding carboxylic acids is 1. The number of fused-ring (bicyclic) bond motifs is 3. The van der Waals surface area contributed by atoms with E-state index >= 15 is 0 Å². The summed E-state index contributed by atoms with van der Waals surface area (Å²) in [5.41, 5.74) is 1.69. The molecule has 2 bridgehead atoms. The Bertz CT molecular complexity index is 706. The maximum atomic E-state index is 13.1. The highest BCUT2D eigenvalue weighted by Crippen LogP contribution is 2.36. The van der Waals surface area contributed by atoms with E-state index in [0.29, 0.717) is 18.6 Å². The first-order valence-corrected chi connectivity index (χ1v) is 8.14. The molecule has 0 spiro atoms. The molecular weight excluding hydrogens is 278 g/mol. The molecule has 4 nitrogen and oxygen atoms in total. The predicted octanol–water partition coefficient (Wildman–Crippen LogP) is 3.26. The van der Waals surface area contributed by atoms with E-state index in [1.54, 1.807) is 0 Å². The molecule has 4 rings (SSSR count). The Kier molecular flexibility index (Phi) is 3.22. The normalized spacial score (nSPS) is 28.1. The van der Waals surface area contributed by atoms with Crippen LogP contribution in [0.1, 0.15) is 48.2 Å². The van der Waals surface area contributed by atoms with Crippen LogP contribution in [0.25, 0.3) is 11.0 Å². The first kappa shape index (κ1) is 13.8. The Morgan fingerprint density at radius 3 is 2.59 bits per heavy atom. The third kappa shape index (κ3) is 2.05. The van der Waals surface area contributed by atoms with Gasteiger partial charge < -0.3 is 14.4 Å². The molecule has 1 amide bonds. The highest BCUT2D eigenvalue weighted by molar-refractivity contribution is 5.99. The van der Waals surface area contributed by atoms with Crippen LogP contribution in [0, 0.1) is 6.92 Å². The van der Waals surface area contributed by atoms with Crippen molar-refractivity contribution in [3.63, 3.8) is 0 Å². The molecule has 1 aromatic heterocycles. The van der Waals surface area contributed by atoms with Gasteiger partial charge in [0, 0.05) is 23.0 Å². The summed E-state index contributed by atoms with van der Waals surface area (Å²) in [6.07, 6.45) is 4.24. The van der Waals surface area contributed by atoms with Crippen molar-refractivity contribution in [1.82, 2.24) is 4.90 Å². The number of furan rings is 1.